The van der Waals surface area contributed by atoms with E-state index < -0.39 is 0 Å². The summed E-state index contributed by atoms with van der Waals surface area (Å²) < 4.78 is 0. The number of aryl methyl sites for hydroxylation is 3. The Balaban J connectivity index is 2.19. The molecule has 0 saturated heterocycles. The van der Waals surface area contributed by atoms with Crippen LogP contribution in [0.2, 0.25) is 0 Å². The fraction of sp³-hybridized carbons (Fsp3) is 0.312. The van der Waals surface area contributed by atoms with E-state index in [1.54, 1.807) is 11.3 Å². The van der Waals surface area contributed by atoms with Gasteiger partial charge in [-0.25, -0.2) is 0 Å². The zero-order valence-electron chi connectivity index (χ0n) is 11.1. The predicted molar refractivity (Wildman–Crippen MR) is 77.6 cm³/mol. The molecule has 0 saturated carbocycles. The number of hydrogen-bond acceptors (Lipinski definition) is 2. The van der Waals surface area contributed by atoms with Gasteiger partial charge in [0.1, 0.15) is 0 Å². The van der Waals surface area contributed by atoms with Gasteiger partial charge in [-0.1, -0.05) is 25.1 Å². The molecule has 0 aliphatic rings. The minimum absolute atomic E-state index is 0.241. The van der Waals surface area contributed by atoms with Crippen molar-refractivity contribution in [2.75, 3.05) is 0 Å². The normalized spacial score (nSPS) is 10.6. The molecule has 94 valence electrons. The lowest BCUT2D eigenvalue weighted by Gasteiger charge is -2.05. The summed E-state index contributed by atoms with van der Waals surface area (Å²) in [7, 11) is 0. The Morgan fingerprint density at radius 1 is 1.17 bits per heavy atom. The number of hydrogen-bond donors (Lipinski definition) is 0. The molecule has 2 heteroatoms. The predicted octanol–water partition coefficient (Wildman–Crippen LogP) is 4.35. The summed E-state index contributed by atoms with van der Waals surface area (Å²) in [6.07, 6.45) is 1.44. The molecule has 0 bridgehead atoms. The van der Waals surface area contributed by atoms with Crippen molar-refractivity contribution in [3.63, 3.8) is 0 Å². The molecule has 18 heavy (non-hydrogen) atoms. The fourth-order valence-corrected chi connectivity index (χ4v) is 2.97. The maximum Gasteiger partial charge on any atom is 0.177 e. The van der Waals surface area contributed by atoms with Gasteiger partial charge in [0.25, 0.3) is 0 Å². The number of benzene rings is 1. The smallest absolute Gasteiger partial charge is 0.177 e. The minimum Gasteiger partial charge on any atom is -0.293 e. The maximum absolute atomic E-state index is 12.3. The molecule has 0 atom stereocenters. The molecular weight excluding hydrogens is 240 g/mol. The van der Waals surface area contributed by atoms with Gasteiger partial charge in [-0.2, -0.15) is 0 Å². The van der Waals surface area contributed by atoms with Crippen molar-refractivity contribution in [2.24, 2.45) is 0 Å². The molecule has 0 unspecified atom stereocenters. The van der Waals surface area contributed by atoms with Crippen molar-refractivity contribution in [2.45, 2.75) is 33.6 Å². The van der Waals surface area contributed by atoms with Crippen molar-refractivity contribution < 1.29 is 4.79 Å². The second kappa shape index (κ2) is 5.49. The lowest BCUT2D eigenvalue weighted by atomic mass is 10.0. The van der Waals surface area contributed by atoms with E-state index >= 15 is 0 Å². The van der Waals surface area contributed by atoms with Gasteiger partial charge in [-0.15, -0.1) is 11.3 Å². The first-order valence-corrected chi connectivity index (χ1v) is 7.15. The lowest BCUT2D eigenvalue weighted by Crippen LogP contribution is -2.04. The van der Waals surface area contributed by atoms with Gasteiger partial charge >= 0.3 is 0 Å². The van der Waals surface area contributed by atoms with E-state index in [1.807, 2.05) is 5.38 Å². The molecule has 2 aromatic rings. The summed E-state index contributed by atoms with van der Waals surface area (Å²) in [5.74, 6) is 0.241. The Bertz CT molecular complexity index is 566. The van der Waals surface area contributed by atoms with Gasteiger partial charge in [0.2, 0.25) is 0 Å². The molecule has 1 aromatic carbocycles. The first-order chi connectivity index (χ1) is 8.61. The molecule has 0 amide bonds. The van der Waals surface area contributed by atoms with E-state index in [2.05, 4.69) is 45.0 Å². The van der Waals surface area contributed by atoms with E-state index in [-0.39, 0.29) is 5.78 Å². The van der Waals surface area contributed by atoms with Gasteiger partial charge in [0, 0.05) is 6.42 Å². The van der Waals surface area contributed by atoms with Crippen LogP contribution in [0, 0.1) is 13.8 Å². The first kappa shape index (κ1) is 13.0. The SMILES string of the molecule is CCc1ccsc1C(=O)Cc1ccc(C)c(C)c1. The summed E-state index contributed by atoms with van der Waals surface area (Å²) in [5, 5.41) is 2.01. The van der Waals surface area contributed by atoms with Crippen LogP contribution in [0.25, 0.3) is 0 Å². The summed E-state index contributed by atoms with van der Waals surface area (Å²) in [6, 6.07) is 8.32. The fourth-order valence-electron chi connectivity index (χ4n) is 2.04. The number of ketones is 1. The topological polar surface area (TPSA) is 17.1 Å². The standard InChI is InChI=1S/C16H18OS/c1-4-14-7-8-18-16(14)15(17)10-13-6-5-11(2)12(3)9-13/h5-9H,4,10H2,1-3H3. The molecule has 0 aliphatic carbocycles. The average molecular weight is 258 g/mol. The molecular formula is C16H18OS. The van der Waals surface area contributed by atoms with Crippen LogP contribution in [0.1, 0.15) is 38.8 Å². The highest BCUT2D eigenvalue weighted by Crippen LogP contribution is 2.20. The van der Waals surface area contributed by atoms with Gasteiger partial charge < -0.3 is 0 Å². The van der Waals surface area contributed by atoms with E-state index in [1.165, 1.54) is 16.7 Å². The second-order valence-corrected chi connectivity index (χ2v) is 5.56. The molecule has 0 radical (unpaired) electrons. The van der Waals surface area contributed by atoms with Gasteiger partial charge in [0.05, 0.1) is 4.88 Å². The van der Waals surface area contributed by atoms with E-state index in [4.69, 9.17) is 0 Å². The van der Waals surface area contributed by atoms with Gasteiger partial charge in [-0.05, 0) is 54.0 Å². The Hall–Kier alpha value is -1.41. The van der Waals surface area contributed by atoms with Crippen LogP contribution in [0.3, 0.4) is 0 Å². The summed E-state index contributed by atoms with van der Waals surface area (Å²) in [4.78, 5) is 13.2. The Kier molecular flexibility index (Phi) is 3.97. The lowest BCUT2D eigenvalue weighted by molar-refractivity contribution is 0.0996. The highest BCUT2D eigenvalue weighted by atomic mass is 32.1. The number of rotatable bonds is 4. The Labute approximate surface area is 112 Å². The quantitative estimate of drug-likeness (QED) is 0.745. The van der Waals surface area contributed by atoms with Crippen LogP contribution in [-0.2, 0) is 12.8 Å². The zero-order chi connectivity index (χ0) is 13.1. The van der Waals surface area contributed by atoms with Gasteiger partial charge in [-0.3, -0.25) is 4.79 Å². The van der Waals surface area contributed by atoms with Crippen molar-refractivity contribution in [3.05, 3.63) is 56.8 Å². The van der Waals surface area contributed by atoms with Crippen molar-refractivity contribution in [1.82, 2.24) is 0 Å². The zero-order valence-corrected chi connectivity index (χ0v) is 11.9. The average Bonchev–Trinajstić information content (AvgIpc) is 2.82. The first-order valence-electron chi connectivity index (χ1n) is 6.27. The van der Waals surface area contributed by atoms with Crippen molar-refractivity contribution in [1.29, 1.82) is 0 Å². The number of thiophene rings is 1. The van der Waals surface area contributed by atoms with E-state index in [9.17, 15) is 4.79 Å². The van der Waals surface area contributed by atoms with Crippen LogP contribution in [0.5, 0.6) is 0 Å². The van der Waals surface area contributed by atoms with Crippen LogP contribution in [-0.4, -0.2) is 5.78 Å². The van der Waals surface area contributed by atoms with Crippen LogP contribution < -0.4 is 0 Å². The minimum atomic E-state index is 0.241. The Morgan fingerprint density at radius 3 is 2.61 bits per heavy atom. The van der Waals surface area contributed by atoms with Crippen LogP contribution in [0.15, 0.2) is 29.6 Å². The largest absolute Gasteiger partial charge is 0.293 e. The molecule has 0 spiro atoms. The monoisotopic (exact) mass is 258 g/mol. The third-order valence-electron chi connectivity index (χ3n) is 3.32. The van der Waals surface area contributed by atoms with Crippen molar-refractivity contribution >= 4 is 17.1 Å². The van der Waals surface area contributed by atoms with Crippen molar-refractivity contribution in [3.8, 4) is 0 Å². The molecule has 0 N–H and O–H groups in total. The molecule has 1 aromatic heterocycles. The van der Waals surface area contributed by atoms with Gasteiger partial charge in [0.15, 0.2) is 5.78 Å². The number of Topliss-reactive ketones (excluding diaryl/α,β-unsaturated/α-hetero) is 1. The highest BCUT2D eigenvalue weighted by molar-refractivity contribution is 7.12. The van der Waals surface area contributed by atoms with Crippen LogP contribution in [0.4, 0.5) is 0 Å². The molecule has 0 aliphatic heterocycles. The van der Waals surface area contributed by atoms with E-state index in [0.29, 0.717) is 6.42 Å². The highest BCUT2D eigenvalue weighted by Gasteiger charge is 2.12. The van der Waals surface area contributed by atoms with E-state index in [0.717, 1.165) is 16.9 Å². The summed E-state index contributed by atoms with van der Waals surface area (Å²) in [6.45, 7) is 6.27. The molecule has 1 nitrogen and oxygen atoms in total. The Morgan fingerprint density at radius 2 is 1.94 bits per heavy atom. The second-order valence-electron chi connectivity index (χ2n) is 4.65. The molecule has 1 heterocycles. The number of carbonyl (C=O) groups excluding carboxylic acids is 1. The number of carbonyl (C=O) groups is 1. The third-order valence-corrected chi connectivity index (χ3v) is 4.31. The molecule has 2 rings (SSSR count). The summed E-state index contributed by atoms with van der Waals surface area (Å²) >= 11 is 1.56. The van der Waals surface area contributed by atoms with Crippen LogP contribution >= 0.6 is 11.3 Å². The summed E-state index contributed by atoms with van der Waals surface area (Å²) in [5.41, 5.74) is 4.81. The molecule has 0 fully saturated rings. The maximum atomic E-state index is 12.3. The third kappa shape index (κ3) is 2.70.